The molecule has 0 aliphatic carbocycles. The highest BCUT2D eigenvalue weighted by molar-refractivity contribution is 7.80. The van der Waals surface area contributed by atoms with Crippen LogP contribution in [0.25, 0.3) is 33.8 Å². The maximum Gasteiger partial charge on any atom is 0.0893 e. The fraction of sp³-hybridized carbons (Fsp3) is 0.120. The first kappa shape index (κ1) is 19.6. The summed E-state index contributed by atoms with van der Waals surface area (Å²) in [5.41, 5.74) is 6.13. The zero-order valence-corrected chi connectivity index (χ0v) is 18.8. The van der Waals surface area contributed by atoms with Gasteiger partial charge in [0, 0.05) is 16.7 Å². The minimum atomic E-state index is -1.46. The van der Waals surface area contributed by atoms with Crippen molar-refractivity contribution in [1.82, 2.24) is 9.97 Å². The number of nitrogens with zero attached hydrogens (tertiary/aromatic N) is 2. The van der Waals surface area contributed by atoms with Crippen LogP contribution in [0, 0.1) is 0 Å². The minimum absolute atomic E-state index is 0.879. The van der Waals surface area contributed by atoms with E-state index in [1.807, 2.05) is 36.4 Å². The van der Waals surface area contributed by atoms with Gasteiger partial charge >= 0.3 is 0 Å². The molecule has 2 aromatic carbocycles. The Kier molecular flexibility index (Phi) is 5.39. The molecule has 0 unspecified atom stereocenters. The maximum absolute atomic E-state index is 4.91. The molecule has 0 N–H and O–H groups in total. The summed E-state index contributed by atoms with van der Waals surface area (Å²) in [4.78, 5) is 10.4. The van der Waals surface area contributed by atoms with Gasteiger partial charge in [0.25, 0.3) is 0 Å². The van der Waals surface area contributed by atoms with Gasteiger partial charge < -0.3 is 0 Å². The van der Waals surface area contributed by atoms with Crippen molar-refractivity contribution < 1.29 is 0 Å². The van der Waals surface area contributed by atoms with Crippen LogP contribution in [0.2, 0.25) is 19.6 Å². The number of hydrogen-bond acceptors (Lipinski definition) is 3. The van der Waals surface area contributed by atoms with Gasteiger partial charge in [-0.2, -0.15) is 0 Å². The lowest BCUT2D eigenvalue weighted by molar-refractivity contribution is 1.25. The van der Waals surface area contributed by atoms with Crippen molar-refractivity contribution in [2.75, 3.05) is 0 Å². The zero-order chi connectivity index (χ0) is 20.4. The van der Waals surface area contributed by atoms with Gasteiger partial charge in [0.05, 0.1) is 25.2 Å². The topological polar surface area (TPSA) is 25.8 Å². The molecule has 2 heterocycles. The van der Waals surface area contributed by atoms with Gasteiger partial charge in [-0.3, -0.25) is 4.98 Å². The highest BCUT2D eigenvalue weighted by atomic mass is 32.1. The monoisotopic (exact) mass is 412 g/mol. The minimum Gasteiger partial charge on any atom is -0.255 e. The van der Waals surface area contributed by atoms with Crippen LogP contribution in [-0.4, -0.2) is 18.0 Å². The van der Waals surface area contributed by atoms with Gasteiger partial charge in [0.2, 0.25) is 0 Å². The summed E-state index contributed by atoms with van der Waals surface area (Å²) in [6.45, 7) is 7.07. The highest BCUT2D eigenvalue weighted by Crippen LogP contribution is 2.30. The van der Waals surface area contributed by atoms with Crippen molar-refractivity contribution in [1.29, 1.82) is 0 Å². The molecule has 29 heavy (non-hydrogen) atoms. The van der Waals surface area contributed by atoms with Gasteiger partial charge in [-0.25, -0.2) is 4.98 Å². The third-order valence-electron chi connectivity index (χ3n) is 4.99. The largest absolute Gasteiger partial charge is 0.255 e. The molecule has 4 rings (SSSR count). The van der Waals surface area contributed by atoms with E-state index in [0.717, 1.165) is 33.1 Å². The van der Waals surface area contributed by atoms with Crippen molar-refractivity contribution >= 4 is 25.9 Å². The number of thiol groups is 1. The summed E-state index contributed by atoms with van der Waals surface area (Å²) in [6, 6.07) is 27.0. The van der Waals surface area contributed by atoms with Crippen molar-refractivity contribution in [3.05, 3.63) is 85.1 Å². The molecule has 4 heteroatoms. The molecule has 0 saturated carbocycles. The Balaban J connectivity index is 1.77. The lowest BCUT2D eigenvalue weighted by Crippen LogP contribution is -2.38. The van der Waals surface area contributed by atoms with Crippen molar-refractivity contribution in [3.8, 4) is 33.8 Å². The summed E-state index contributed by atoms with van der Waals surface area (Å²) in [7, 11) is -1.46. The molecular formula is C25H24N2SSi. The van der Waals surface area contributed by atoms with Crippen LogP contribution in [0.5, 0.6) is 0 Å². The number of benzene rings is 2. The van der Waals surface area contributed by atoms with E-state index in [1.165, 1.54) is 10.8 Å². The van der Waals surface area contributed by atoms with Crippen molar-refractivity contribution in [3.63, 3.8) is 0 Å². The van der Waals surface area contributed by atoms with E-state index in [2.05, 4.69) is 67.1 Å². The van der Waals surface area contributed by atoms with Gasteiger partial charge in [0.1, 0.15) is 0 Å². The SMILES string of the molecule is C[Si](C)(C)c1cccc(-c2cccc(-c3cccc(-c4ccccn4)n3)c2)c1S. The molecule has 0 aliphatic rings. The van der Waals surface area contributed by atoms with Gasteiger partial charge in [-0.05, 0) is 46.6 Å². The molecule has 0 radical (unpaired) electrons. The molecule has 0 atom stereocenters. The molecule has 0 aliphatic heterocycles. The van der Waals surface area contributed by atoms with Crippen LogP contribution >= 0.6 is 12.6 Å². The Morgan fingerprint density at radius 1 is 0.690 bits per heavy atom. The van der Waals surface area contributed by atoms with Crippen molar-refractivity contribution in [2.45, 2.75) is 24.5 Å². The fourth-order valence-electron chi connectivity index (χ4n) is 3.48. The molecule has 2 aromatic heterocycles. The Hall–Kier alpha value is -2.69. The van der Waals surface area contributed by atoms with E-state index in [9.17, 15) is 0 Å². The molecule has 0 amide bonds. The number of hydrogen-bond donors (Lipinski definition) is 1. The predicted octanol–water partition coefficient (Wildman–Crippen LogP) is 6.31. The van der Waals surface area contributed by atoms with Crippen LogP contribution in [0.1, 0.15) is 0 Å². The molecular weight excluding hydrogens is 388 g/mol. The Morgan fingerprint density at radius 3 is 2.14 bits per heavy atom. The Morgan fingerprint density at radius 2 is 1.38 bits per heavy atom. The van der Waals surface area contributed by atoms with Crippen LogP contribution in [-0.2, 0) is 0 Å². The normalized spacial score (nSPS) is 11.4. The third-order valence-corrected chi connectivity index (χ3v) is 7.71. The van der Waals surface area contributed by atoms with Gasteiger partial charge in [-0.15, -0.1) is 12.6 Å². The second-order valence-electron chi connectivity index (χ2n) is 8.16. The fourth-order valence-corrected chi connectivity index (χ4v) is 6.21. The Bertz CT molecular complexity index is 1150. The molecule has 0 fully saturated rings. The van der Waals surface area contributed by atoms with E-state index >= 15 is 0 Å². The quantitative estimate of drug-likeness (QED) is 0.314. The molecule has 0 bridgehead atoms. The first-order valence-electron chi connectivity index (χ1n) is 9.75. The lowest BCUT2D eigenvalue weighted by Gasteiger charge is -2.21. The number of rotatable bonds is 4. The van der Waals surface area contributed by atoms with E-state index < -0.39 is 8.07 Å². The number of pyridine rings is 2. The van der Waals surface area contributed by atoms with Gasteiger partial charge in [0.15, 0.2) is 0 Å². The van der Waals surface area contributed by atoms with E-state index in [4.69, 9.17) is 17.6 Å². The summed E-state index contributed by atoms with van der Waals surface area (Å²) >= 11 is 4.91. The number of aromatic nitrogens is 2. The molecule has 0 spiro atoms. The highest BCUT2D eigenvalue weighted by Gasteiger charge is 2.21. The zero-order valence-electron chi connectivity index (χ0n) is 16.9. The molecule has 0 saturated heterocycles. The molecule has 144 valence electrons. The van der Waals surface area contributed by atoms with Crippen molar-refractivity contribution in [2.24, 2.45) is 0 Å². The smallest absolute Gasteiger partial charge is 0.0893 e. The third kappa shape index (κ3) is 4.19. The van der Waals surface area contributed by atoms with E-state index in [-0.39, 0.29) is 0 Å². The summed E-state index contributed by atoms with van der Waals surface area (Å²) < 4.78 is 0. The van der Waals surface area contributed by atoms with E-state index in [0.29, 0.717) is 0 Å². The lowest BCUT2D eigenvalue weighted by atomic mass is 10.0. The average molecular weight is 413 g/mol. The maximum atomic E-state index is 4.91. The van der Waals surface area contributed by atoms with Crippen LogP contribution < -0.4 is 5.19 Å². The van der Waals surface area contributed by atoms with Crippen LogP contribution in [0.15, 0.2) is 90.0 Å². The predicted molar refractivity (Wildman–Crippen MR) is 129 cm³/mol. The van der Waals surface area contributed by atoms with Gasteiger partial charge in [-0.1, -0.05) is 68.2 Å². The standard InChI is InChI=1S/C25H24N2SSi/c1-29(2,3)24-15-7-11-20(25(24)28)18-9-6-10-19(17-18)21-13-8-14-23(27-21)22-12-4-5-16-26-22/h4-17,28H,1-3H3. The second-order valence-corrected chi connectivity index (χ2v) is 13.6. The summed E-state index contributed by atoms with van der Waals surface area (Å²) in [5.74, 6) is 0. The second kappa shape index (κ2) is 7.97. The summed E-state index contributed by atoms with van der Waals surface area (Å²) in [6.07, 6.45) is 1.80. The molecule has 2 nitrogen and oxygen atoms in total. The van der Waals surface area contributed by atoms with Crippen LogP contribution in [0.3, 0.4) is 0 Å². The van der Waals surface area contributed by atoms with Crippen LogP contribution in [0.4, 0.5) is 0 Å². The first-order chi connectivity index (χ1) is 13.9. The first-order valence-corrected chi connectivity index (χ1v) is 13.7. The average Bonchev–Trinajstić information content (AvgIpc) is 2.74. The Labute approximate surface area is 179 Å². The summed E-state index contributed by atoms with van der Waals surface area (Å²) in [5, 5.41) is 1.39. The molecule has 4 aromatic rings. The van der Waals surface area contributed by atoms with E-state index in [1.54, 1.807) is 6.20 Å².